The second-order valence-corrected chi connectivity index (χ2v) is 8.38. The van der Waals surface area contributed by atoms with Gasteiger partial charge in [0.25, 0.3) is 0 Å². The van der Waals surface area contributed by atoms with Crippen molar-refractivity contribution < 1.29 is 14.7 Å². The largest absolute Gasteiger partial charge is 0.481 e. The number of nitrogens with one attached hydrogen (secondary N) is 1. The molecule has 1 saturated carbocycles. The molecule has 0 aromatic carbocycles. The van der Waals surface area contributed by atoms with Gasteiger partial charge in [0.05, 0.1) is 6.42 Å². The standard InChI is InChI=1S/C14H23NO3S2/c16-12(15-9-11-10-19-5-6-20-11)7-14(8-13(17)18)3-1-2-4-14/h11H,1-10H2,(H,15,16)(H,17,18). The highest BCUT2D eigenvalue weighted by Crippen LogP contribution is 2.44. The molecule has 2 aliphatic rings. The molecule has 0 spiro atoms. The maximum Gasteiger partial charge on any atom is 0.303 e. The van der Waals surface area contributed by atoms with Crippen LogP contribution < -0.4 is 5.32 Å². The summed E-state index contributed by atoms with van der Waals surface area (Å²) in [4.78, 5) is 23.1. The molecule has 1 unspecified atom stereocenters. The van der Waals surface area contributed by atoms with Gasteiger partial charge in [0.1, 0.15) is 0 Å². The van der Waals surface area contributed by atoms with Gasteiger partial charge in [-0.25, -0.2) is 0 Å². The highest BCUT2D eigenvalue weighted by Gasteiger charge is 2.38. The first-order valence-electron chi connectivity index (χ1n) is 7.27. The molecule has 20 heavy (non-hydrogen) atoms. The Morgan fingerprint density at radius 3 is 2.55 bits per heavy atom. The number of carbonyl (C=O) groups is 2. The SMILES string of the molecule is O=C(O)CC1(CC(=O)NCC2CSCCS2)CCCC1. The Balaban J connectivity index is 1.77. The fourth-order valence-corrected chi connectivity index (χ4v) is 5.76. The molecule has 0 aromatic heterocycles. The smallest absolute Gasteiger partial charge is 0.303 e. The Labute approximate surface area is 128 Å². The van der Waals surface area contributed by atoms with E-state index in [-0.39, 0.29) is 17.7 Å². The van der Waals surface area contributed by atoms with Crippen LogP contribution in [0, 0.1) is 5.41 Å². The molecule has 114 valence electrons. The van der Waals surface area contributed by atoms with Crippen LogP contribution in [0.4, 0.5) is 0 Å². The van der Waals surface area contributed by atoms with E-state index in [1.54, 1.807) is 0 Å². The summed E-state index contributed by atoms with van der Waals surface area (Å²) in [7, 11) is 0. The number of carboxylic acid groups (broad SMARTS) is 1. The summed E-state index contributed by atoms with van der Waals surface area (Å²) in [6, 6.07) is 0. The molecule has 0 bridgehead atoms. The zero-order chi connectivity index (χ0) is 14.4. The van der Waals surface area contributed by atoms with Gasteiger partial charge in [-0.05, 0) is 18.3 Å². The third kappa shape index (κ3) is 4.88. The molecule has 1 heterocycles. The second-order valence-electron chi connectivity index (χ2n) is 5.83. The van der Waals surface area contributed by atoms with Crippen molar-refractivity contribution in [2.24, 2.45) is 5.41 Å². The van der Waals surface area contributed by atoms with Crippen LogP contribution in [0.3, 0.4) is 0 Å². The van der Waals surface area contributed by atoms with Gasteiger partial charge in [0.15, 0.2) is 0 Å². The average Bonchev–Trinajstić information content (AvgIpc) is 2.85. The summed E-state index contributed by atoms with van der Waals surface area (Å²) in [5.74, 6) is 2.72. The molecule has 1 aliphatic carbocycles. The van der Waals surface area contributed by atoms with E-state index in [9.17, 15) is 9.59 Å². The van der Waals surface area contributed by atoms with Gasteiger partial charge in [-0.1, -0.05) is 12.8 Å². The van der Waals surface area contributed by atoms with Gasteiger partial charge >= 0.3 is 5.97 Å². The molecular weight excluding hydrogens is 294 g/mol. The van der Waals surface area contributed by atoms with Gasteiger partial charge in [0.2, 0.25) is 5.91 Å². The molecule has 2 rings (SSSR count). The molecule has 2 N–H and O–H groups in total. The summed E-state index contributed by atoms with van der Waals surface area (Å²) in [5.41, 5.74) is -0.287. The summed E-state index contributed by atoms with van der Waals surface area (Å²) < 4.78 is 0. The lowest BCUT2D eigenvalue weighted by Gasteiger charge is -2.27. The van der Waals surface area contributed by atoms with Crippen molar-refractivity contribution in [1.82, 2.24) is 5.32 Å². The third-order valence-corrected chi connectivity index (χ3v) is 6.98. The number of hydrogen-bond acceptors (Lipinski definition) is 4. The quantitative estimate of drug-likeness (QED) is 0.787. The van der Waals surface area contributed by atoms with Crippen LogP contribution in [0.1, 0.15) is 38.5 Å². The first-order valence-corrected chi connectivity index (χ1v) is 9.48. The maximum absolute atomic E-state index is 12.1. The van der Waals surface area contributed by atoms with E-state index in [2.05, 4.69) is 5.32 Å². The first kappa shape index (κ1) is 16.0. The molecule has 1 aliphatic heterocycles. The molecule has 1 atom stereocenters. The normalized spacial score (nSPS) is 25.3. The van der Waals surface area contributed by atoms with Crippen LogP contribution in [-0.4, -0.2) is 46.0 Å². The average molecular weight is 317 g/mol. The minimum atomic E-state index is -0.779. The zero-order valence-corrected chi connectivity index (χ0v) is 13.4. The van der Waals surface area contributed by atoms with Crippen molar-refractivity contribution in [1.29, 1.82) is 0 Å². The van der Waals surface area contributed by atoms with E-state index in [0.717, 1.165) is 43.7 Å². The fraction of sp³-hybridized carbons (Fsp3) is 0.857. The van der Waals surface area contributed by atoms with Crippen LogP contribution >= 0.6 is 23.5 Å². The number of amides is 1. The highest BCUT2D eigenvalue weighted by molar-refractivity contribution is 8.06. The lowest BCUT2D eigenvalue weighted by molar-refractivity contribution is -0.140. The topological polar surface area (TPSA) is 66.4 Å². The maximum atomic E-state index is 12.1. The van der Waals surface area contributed by atoms with E-state index < -0.39 is 5.97 Å². The number of carbonyl (C=O) groups excluding carboxylic acids is 1. The monoisotopic (exact) mass is 317 g/mol. The van der Waals surface area contributed by atoms with E-state index in [1.165, 1.54) is 5.75 Å². The Morgan fingerprint density at radius 2 is 1.95 bits per heavy atom. The van der Waals surface area contributed by atoms with Crippen molar-refractivity contribution in [2.75, 3.05) is 23.8 Å². The minimum absolute atomic E-state index is 0.0318. The van der Waals surface area contributed by atoms with Gasteiger partial charge < -0.3 is 10.4 Å². The van der Waals surface area contributed by atoms with E-state index in [0.29, 0.717) is 11.7 Å². The van der Waals surface area contributed by atoms with Gasteiger partial charge in [-0.15, -0.1) is 0 Å². The van der Waals surface area contributed by atoms with Gasteiger partial charge in [-0.3, -0.25) is 9.59 Å². The molecule has 1 saturated heterocycles. The fourth-order valence-electron chi connectivity index (χ4n) is 3.15. The van der Waals surface area contributed by atoms with Gasteiger partial charge in [-0.2, -0.15) is 23.5 Å². The number of carboxylic acids is 1. The number of rotatable bonds is 6. The predicted molar refractivity (Wildman–Crippen MR) is 84.4 cm³/mol. The zero-order valence-electron chi connectivity index (χ0n) is 11.7. The lowest BCUT2D eigenvalue weighted by Crippen LogP contribution is -2.37. The first-order chi connectivity index (χ1) is 9.60. The Morgan fingerprint density at radius 1 is 1.20 bits per heavy atom. The lowest BCUT2D eigenvalue weighted by atomic mass is 9.79. The van der Waals surface area contributed by atoms with Crippen molar-refractivity contribution in [3.05, 3.63) is 0 Å². The third-order valence-electron chi connectivity index (χ3n) is 4.14. The molecule has 1 amide bonds. The van der Waals surface area contributed by atoms with Crippen LogP contribution in [-0.2, 0) is 9.59 Å². The van der Waals surface area contributed by atoms with Crippen molar-refractivity contribution in [3.63, 3.8) is 0 Å². The minimum Gasteiger partial charge on any atom is -0.481 e. The summed E-state index contributed by atoms with van der Waals surface area (Å²) in [6.07, 6.45) is 4.37. The van der Waals surface area contributed by atoms with E-state index in [1.807, 2.05) is 23.5 Å². The molecular formula is C14H23NO3S2. The Hall–Kier alpha value is -0.360. The van der Waals surface area contributed by atoms with E-state index >= 15 is 0 Å². The molecule has 6 heteroatoms. The Bertz CT molecular complexity index is 350. The summed E-state index contributed by atoms with van der Waals surface area (Å²) in [5, 5.41) is 12.6. The molecule has 0 radical (unpaired) electrons. The number of aliphatic carboxylic acids is 1. The summed E-state index contributed by atoms with van der Waals surface area (Å²) >= 11 is 3.87. The van der Waals surface area contributed by atoms with Crippen LogP contribution in [0.15, 0.2) is 0 Å². The van der Waals surface area contributed by atoms with Crippen molar-refractivity contribution >= 4 is 35.4 Å². The molecule has 4 nitrogen and oxygen atoms in total. The molecule has 2 fully saturated rings. The van der Waals surface area contributed by atoms with Crippen molar-refractivity contribution in [2.45, 2.75) is 43.8 Å². The van der Waals surface area contributed by atoms with Crippen LogP contribution in [0.25, 0.3) is 0 Å². The predicted octanol–water partition coefficient (Wildman–Crippen LogP) is 2.38. The van der Waals surface area contributed by atoms with Gasteiger partial charge in [0, 0.05) is 35.5 Å². The second kappa shape index (κ2) is 7.59. The van der Waals surface area contributed by atoms with Crippen molar-refractivity contribution in [3.8, 4) is 0 Å². The summed E-state index contributed by atoms with van der Waals surface area (Å²) in [6.45, 7) is 0.722. The van der Waals surface area contributed by atoms with Crippen LogP contribution in [0.2, 0.25) is 0 Å². The number of hydrogen-bond donors (Lipinski definition) is 2. The number of thioether (sulfide) groups is 2. The Kier molecular flexibility index (Phi) is 6.08. The molecule has 0 aromatic rings. The van der Waals surface area contributed by atoms with E-state index in [4.69, 9.17) is 5.11 Å². The highest BCUT2D eigenvalue weighted by atomic mass is 32.2. The van der Waals surface area contributed by atoms with Crippen LogP contribution in [0.5, 0.6) is 0 Å².